The summed E-state index contributed by atoms with van der Waals surface area (Å²) < 4.78 is 22.6. The topological polar surface area (TPSA) is 130 Å². The van der Waals surface area contributed by atoms with Gasteiger partial charge in [0, 0.05) is 35.6 Å². The lowest BCUT2D eigenvalue weighted by atomic mass is 9.98. The monoisotopic (exact) mass is 698 g/mol. The number of anilines is 2. The number of likely N-dealkylation sites (N-methyl/N-ethyl adjacent to an activating group) is 1. The number of carbonyl (C=O) groups is 2. The van der Waals surface area contributed by atoms with Gasteiger partial charge in [0.1, 0.15) is 35.8 Å². The number of rotatable bonds is 19. The predicted octanol–water partition coefficient (Wildman–Crippen LogP) is 7.70. The Hall–Kier alpha value is -3.50. The Morgan fingerprint density at radius 1 is 0.820 bits per heavy atom. The number of nitrogen functional groups attached to an aromatic ring is 2. The molecule has 1 saturated heterocycles. The Morgan fingerprint density at radius 3 is 1.88 bits per heavy atom. The summed E-state index contributed by atoms with van der Waals surface area (Å²) in [4.78, 5) is 29.8. The molecule has 2 aromatic rings. The predicted molar refractivity (Wildman–Crippen MR) is 204 cm³/mol. The molecule has 2 unspecified atom stereocenters. The lowest BCUT2D eigenvalue weighted by Gasteiger charge is -2.35. The van der Waals surface area contributed by atoms with Crippen LogP contribution in [0, 0.1) is 11.8 Å². The molecule has 1 aliphatic rings. The summed E-state index contributed by atoms with van der Waals surface area (Å²) in [5, 5.41) is 0. The van der Waals surface area contributed by atoms with E-state index in [4.69, 9.17) is 30.4 Å². The zero-order chi connectivity index (χ0) is 37.1. The molecular weight excluding hydrogens is 632 g/mol. The molecule has 4 N–H and O–H groups in total. The van der Waals surface area contributed by atoms with Crippen LogP contribution in [-0.4, -0.2) is 86.9 Å². The van der Waals surface area contributed by atoms with Crippen LogP contribution in [0.2, 0.25) is 0 Å². The summed E-state index contributed by atoms with van der Waals surface area (Å²) in [6.07, 6.45) is 7.82. The van der Waals surface area contributed by atoms with Crippen LogP contribution in [0.4, 0.5) is 11.4 Å². The molecule has 50 heavy (non-hydrogen) atoms. The molecule has 1 fully saturated rings. The minimum absolute atomic E-state index is 0.207. The van der Waals surface area contributed by atoms with Crippen LogP contribution in [0.1, 0.15) is 114 Å². The number of ether oxygens (including phenoxy) is 4. The minimum Gasteiger partial charge on any atom is -0.493 e. The molecule has 0 aromatic heterocycles. The smallest absolute Gasteiger partial charge is 0.341 e. The van der Waals surface area contributed by atoms with Crippen molar-refractivity contribution in [3.05, 3.63) is 47.5 Å². The highest BCUT2D eigenvalue weighted by Gasteiger charge is 2.25. The molecule has 0 amide bonds. The van der Waals surface area contributed by atoms with E-state index in [1.54, 1.807) is 36.4 Å². The van der Waals surface area contributed by atoms with Gasteiger partial charge in [0.15, 0.2) is 0 Å². The molecule has 1 aliphatic heterocycles. The van der Waals surface area contributed by atoms with Crippen molar-refractivity contribution in [1.29, 1.82) is 0 Å². The van der Waals surface area contributed by atoms with Crippen molar-refractivity contribution in [3.8, 4) is 11.5 Å². The fourth-order valence-corrected chi connectivity index (χ4v) is 6.01. The summed E-state index contributed by atoms with van der Waals surface area (Å²) in [5.74, 6) is 1.32. The summed E-state index contributed by atoms with van der Waals surface area (Å²) in [6, 6.07) is 10.6. The van der Waals surface area contributed by atoms with Gasteiger partial charge in [-0.1, -0.05) is 60.8 Å². The first-order valence-electron chi connectivity index (χ1n) is 18.8. The molecule has 0 saturated carbocycles. The molecule has 10 heteroatoms. The number of likely N-dealkylation sites (tertiary alicyclic amines) is 1. The molecule has 0 aliphatic carbocycles. The van der Waals surface area contributed by atoms with Crippen molar-refractivity contribution in [2.24, 2.45) is 11.8 Å². The highest BCUT2D eigenvalue weighted by Crippen LogP contribution is 2.26. The van der Waals surface area contributed by atoms with Gasteiger partial charge in [0.05, 0.1) is 13.2 Å². The lowest BCUT2D eigenvalue weighted by molar-refractivity contribution is 0.0278. The number of hydrogen-bond donors (Lipinski definition) is 2. The zero-order valence-corrected chi connectivity index (χ0v) is 32.2. The van der Waals surface area contributed by atoms with E-state index in [1.165, 1.54) is 19.3 Å². The first-order chi connectivity index (χ1) is 23.9. The quantitative estimate of drug-likeness (QED) is 0.0856. The van der Waals surface area contributed by atoms with Crippen molar-refractivity contribution < 1.29 is 28.5 Å². The van der Waals surface area contributed by atoms with Crippen LogP contribution in [0.15, 0.2) is 36.4 Å². The van der Waals surface area contributed by atoms with E-state index in [1.807, 2.05) is 6.92 Å². The van der Waals surface area contributed by atoms with Crippen molar-refractivity contribution in [2.45, 2.75) is 105 Å². The number of hydrogen-bond acceptors (Lipinski definition) is 10. The van der Waals surface area contributed by atoms with Gasteiger partial charge < -0.3 is 35.3 Å². The van der Waals surface area contributed by atoms with E-state index in [0.29, 0.717) is 72.3 Å². The van der Waals surface area contributed by atoms with Crippen LogP contribution in [0.25, 0.3) is 0 Å². The molecule has 3 rings (SSSR count). The third-order valence-electron chi connectivity index (χ3n) is 9.31. The summed E-state index contributed by atoms with van der Waals surface area (Å²) in [5.41, 5.74) is 13.7. The third kappa shape index (κ3) is 14.4. The molecule has 3 atom stereocenters. The number of nitrogens with two attached hydrogens (primary N) is 2. The summed E-state index contributed by atoms with van der Waals surface area (Å²) in [6.45, 7) is 19.8. The van der Waals surface area contributed by atoms with Crippen molar-refractivity contribution in [2.75, 3.05) is 64.6 Å². The van der Waals surface area contributed by atoms with Gasteiger partial charge in [-0.05, 0) is 95.4 Å². The Labute approximate surface area is 302 Å². The highest BCUT2D eigenvalue weighted by molar-refractivity contribution is 5.93. The zero-order valence-electron chi connectivity index (χ0n) is 32.2. The fourth-order valence-electron chi connectivity index (χ4n) is 6.01. The van der Waals surface area contributed by atoms with Gasteiger partial charge in [0.25, 0.3) is 0 Å². The number of unbranched alkanes of at least 4 members (excludes halogenated alkanes) is 1. The van der Waals surface area contributed by atoms with Gasteiger partial charge in [-0.15, -0.1) is 0 Å². The Kier molecular flexibility index (Phi) is 19.7. The van der Waals surface area contributed by atoms with Gasteiger partial charge in [0.2, 0.25) is 0 Å². The van der Waals surface area contributed by atoms with Crippen LogP contribution in [0.5, 0.6) is 11.5 Å². The van der Waals surface area contributed by atoms with Gasteiger partial charge in [-0.25, -0.2) is 9.59 Å². The van der Waals surface area contributed by atoms with Crippen molar-refractivity contribution in [1.82, 2.24) is 9.80 Å². The Morgan fingerprint density at radius 2 is 1.38 bits per heavy atom. The van der Waals surface area contributed by atoms with Crippen LogP contribution >= 0.6 is 0 Å². The number of benzene rings is 2. The average molecular weight is 699 g/mol. The van der Waals surface area contributed by atoms with E-state index in [0.717, 1.165) is 45.3 Å². The number of nitrogens with zero attached hydrogens (tertiary/aromatic N) is 2. The normalized spacial score (nSPS) is 15.1. The van der Waals surface area contributed by atoms with E-state index in [2.05, 4.69) is 58.4 Å². The first kappa shape index (κ1) is 42.7. The SMILES string of the molecule is CCCCOc1cc(N)ccc1C(=O)OC[C@H](CC(C)C)N1CCCCC1.CCOc1cc(N)ccc1C(=O)OCC(C(C)CC)N(C)CC. The van der Waals surface area contributed by atoms with Crippen molar-refractivity contribution in [3.63, 3.8) is 0 Å². The highest BCUT2D eigenvalue weighted by atomic mass is 16.5. The standard InChI is InChI=1S/C22H36N2O3.C18H30N2O3/c1-4-5-13-26-21-15-18(23)9-10-20(21)22(25)27-16-19(14-17(2)3)24-11-7-6-8-12-24;1-6-13(4)16(20(5)7-2)12-23-18(21)15-10-9-14(19)11-17(15)22-8-3/h9-10,15,17,19H,4-8,11-14,16,23H2,1-3H3;9-11,13,16H,6-8,12,19H2,1-5H3/t19-;/m0./s1. The largest absolute Gasteiger partial charge is 0.493 e. The maximum Gasteiger partial charge on any atom is 0.341 e. The van der Waals surface area contributed by atoms with E-state index in [-0.39, 0.29) is 24.0 Å². The fraction of sp³-hybridized carbons (Fsp3) is 0.650. The second-order valence-corrected chi connectivity index (χ2v) is 13.7. The van der Waals surface area contributed by atoms with Gasteiger partial charge >= 0.3 is 11.9 Å². The molecule has 0 bridgehead atoms. The second-order valence-electron chi connectivity index (χ2n) is 13.7. The minimum atomic E-state index is -0.369. The van der Waals surface area contributed by atoms with Gasteiger partial charge in [-0.2, -0.15) is 0 Å². The number of carbonyl (C=O) groups excluding carboxylic acids is 2. The Bertz CT molecular complexity index is 1270. The summed E-state index contributed by atoms with van der Waals surface area (Å²) in [7, 11) is 2.06. The molecule has 0 spiro atoms. The second kappa shape index (κ2) is 23.1. The van der Waals surface area contributed by atoms with Crippen LogP contribution in [-0.2, 0) is 9.47 Å². The lowest BCUT2D eigenvalue weighted by Crippen LogP contribution is -2.43. The molecule has 1 heterocycles. The van der Waals surface area contributed by atoms with Crippen LogP contribution < -0.4 is 20.9 Å². The summed E-state index contributed by atoms with van der Waals surface area (Å²) >= 11 is 0. The van der Waals surface area contributed by atoms with Gasteiger partial charge in [-0.3, -0.25) is 4.90 Å². The molecule has 2 aromatic carbocycles. The number of piperidine rings is 1. The van der Waals surface area contributed by atoms with Crippen molar-refractivity contribution >= 4 is 23.3 Å². The Balaban J connectivity index is 0.000000352. The van der Waals surface area contributed by atoms with E-state index >= 15 is 0 Å². The van der Waals surface area contributed by atoms with E-state index in [9.17, 15) is 9.59 Å². The maximum absolute atomic E-state index is 12.7. The third-order valence-corrected chi connectivity index (χ3v) is 9.31. The average Bonchev–Trinajstić information content (AvgIpc) is 3.10. The number of esters is 2. The molecule has 0 radical (unpaired) electrons. The molecule has 282 valence electrons. The maximum atomic E-state index is 12.7. The molecule has 10 nitrogen and oxygen atoms in total. The molecular formula is C40H66N4O6. The van der Waals surface area contributed by atoms with E-state index < -0.39 is 0 Å². The van der Waals surface area contributed by atoms with Crippen LogP contribution in [0.3, 0.4) is 0 Å². The first-order valence-corrected chi connectivity index (χ1v) is 18.8.